The Bertz CT molecular complexity index is 344. The first-order valence-corrected chi connectivity index (χ1v) is 7.95. The van der Waals surface area contributed by atoms with E-state index in [9.17, 15) is 0 Å². The van der Waals surface area contributed by atoms with Crippen LogP contribution in [0.2, 0.25) is 0 Å². The molecule has 108 valence electrons. The highest BCUT2D eigenvalue weighted by Crippen LogP contribution is 2.35. The first kappa shape index (κ1) is 14.6. The van der Waals surface area contributed by atoms with Crippen molar-refractivity contribution in [1.82, 2.24) is 5.32 Å². The van der Waals surface area contributed by atoms with Gasteiger partial charge in [0, 0.05) is 6.04 Å². The predicted molar refractivity (Wildman–Crippen MR) is 80.2 cm³/mol. The summed E-state index contributed by atoms with van der Waals surface area (Å²) in [6, 6.07) is 2.82. The molecule has 1 N–H and O–H groups in total. The summed E-state index contributed by atoms with van der Waals surface area (Å²) in [5, 5.41) is 3.76. The van der Waals surface area contributed by atoms with Crippen LogP contribution >= 0.6 is 0 Å². The van der Waals surface area contributed by atoms with Crippen LogP contribution in [0.15, 0.2) is 23.0 Å². The minimum atomic E-state index is 0.699. The molecule has 0 saturated heterocycles. The fraction of sp³-hybridized carbons (Fsp3) is 0.765. The lowest BCUT2D eigenvalue weighted by molar-refractivity contribution is 0.167. The molecule has 0 radical (unpaired) electrons. The van der Waals surface area contributed by atoms with Crippen LogP contribution in [0.5, 0.6) is 0 Å². The highest BCUT2D eigenvalue weighted by atomic mass is 16.3. The molecule has 1 heterocycles. The first-order chi connectivity index (χ1) is 9.20. The quantitative estimate of drug-likeness (QED) is 0.829. The summed E-state index contributed by atoms with van der Waals surface area (Å²) < 4.78 is 5.23. The van der Waals surface area contributed by atoms with Crippen molar-refractivity contribution in [2.45, 2.75) is 58.9 Å². The molecule has 19 heavy (non-hydrogen) atoms. The Labute approximate surface area is 118 Å². The molecule has 0 spiro atoms. The van der Waals surface area contributed by atoms with Crippen molar-refractivity contribution >= 4 is 0 Å². The van der Waals surface area contributed by atoms with Gasteiger partial charge in [-0.2, -0.15) is 0 Å². The van der Waals surface area contributed by atoms with Gasteiger partial charge in [-0.1, -0.05) is 20.8 Å². The smallest absolute Gasteiger partial charge is 0.0934 e. The molecular formula is C17H29NO. The minimum Gasteiger partial charge on any atom is -0.472 e. The molecule has 0 bridgehead atoms. The van der Waals surface area contributed by atoms with Crippen LogP contribution in [0.1, 0.15) is 52.0 Å². The van der Waals surface area contributed by atoms with Crippen LogP contribution in [-0.2, 0) is 6.42 Å². The Hall–Kier alpha value is -0.760. The zero-order chi connectivity index (χ0) is 13.7. The Balaban J connectivity index is 1.97. The lowest BCUT2D eigenvalue weighted by Gasteiger charge is -2.38. The van der Waals surface area contributed by atoms with Crippen molar-refractivity contribution in [3.8, 4) is 0 Å². The second kappa shape index (κ2) is 7.14. The number of nitrogens with one attached hydrogen (secondary N) is 1. The van der Waals surface area contributed by atoms with Gasteiger partial charge in [-0.05, 0) is 68.0 Å². The Morgan fingerprint density at radius 2 is 2.21 bits per heavy atom. The van der Waals surface area contributed by atoms with Gasteiger partial charge in [-0.3, -0.25) is 0 Å². The van der Waals surface area contributed by atoms with Crippen molar-refractivity contribution < 1.29 is 4.42 Å². The molecule has 1 fully saturated rings. The maximum Gasteiger partial charge on any atom is 0.0934 e. The molecule has 1 aliphatic carbocycles. The zero-order valence-electron chi connectivity index (χ0n) is 12.7. The van der Waals surface area contributed by atoms with Gasteiger partial charge in [-0.25, -0.2) is 0 Å². The molecule has 2 rings (SSSR count). The van der Waals surface area contributed by atoms with E-state index in [-0.39, 0.29) is 0 Å². The van der Waals surface area contributed by atoms with Crippen LogP contribution in [0.25, 0.3) is 0 Å². The summed E-state index contributed by atoms with van der Waals surface area (Å²) in [6.07, 6.45) is 10.2. The molecule has 1 aromatic heterocycles. The van der Waals surface area contributed by atoms with Crippen LogP contribution in [0.4, 0.5) is 0 Å². The van der Waals surface area contributed by atoms with Gasteiger partial charge in [0.25, 0.3) is 0 Å². The summed E-state index contributed by atoms with van der Waals surface area (Å²) in [7, 11) is 0. The van der Waals surface area contributed by atoms with E-state index in [1.165, 1.54) is 37.7 Å². The third kappa shape index (κ3) is 4.10. The van der Waals surface area contributed by atoms with E-state index in [2.05, 4.69) is 32.2 Å². The molecule has 1 saturated carbocycles. The van der Waals surface area contributed by atoms with Gasteiger partial charge in [0.1, 0.15) is 0 Å². The summed E-state index contributed by atoms with van der Waals surface area (Å²) in [5.41, 5.74) is 1.36. The van der Waals surface area contributed by atoms with E-state index in [0.29, 0.717) is 6.04 Å². The molecule has 1 aliphatic rings. The number of hydrogen-bond acceptors (Lipinski definition) is 2. The molecule has 0 aliphatic heterocycles. The normalized spacial score (nSPS) is 27.9. The topological polar surface area (TPSA) is 25.2 Å². The molecule has 0 amide bonds. The second-order valence-corrected chi connectivity index (χ2v) is 6.47. The van der Waals surface area contributed by atoms with Crippen LogP contribution in [0.3, 0.4) is 0 Å². The fourth-order valence-corrected chi connectivity index (χ4v) is 3.44. The number of rotatable bonds is 6. The van der Waals surface area contributed by atoms with Gasteiger partial charge in [0.2, 0.25) is 0 Å². The first-order valence-electron chi connectivity index (χ1n) is 7.95. The average molecular weight is 263 g/mol. The Morgan fingerprint density at radius 1 is 1.37 bits per heavy atom. The Kier molecular flexibility index (Phi) is 5.50. The summed E-state index contributed by atoms with van der Waals surface area (Å²) in [5.74, 6) is 2.49. The highest BCUT2D eigenvalue weighted by molar-refractivity contribution is 5.08. The van der Waals surface area contributed by atoms with E-state index < -0.39 is 0 Å². The fourth-order valence-electron chi connectivity index (χ4n) is 3.44. The lowest BCUT2D eigenvalue weighted by atomic mass is 9.72. The molecule has 2 heteroatoms. The van der Waals surface area contributed by atoms with Gasteiger partial charge in [0.05, 0.1) is 12.5 Å². The molecule has 0 aromatic carbocycles. The lowest BCUT2D eigenvalue weighted by Crippen LogP contribution is -2.42. The predicted octanol–water partition coefficient (Wildman–Crippen LogP) is 4.26. The van der Waals surface area contributed by atoms with Crippen molar-refractivity contribution in [3.05, 3.63) is 24.2 Å². The van der Waals surface area contributed by atoms with Crippen LogP contribution in [0, 0.1) is 17.8 Å². The zero-order valence-corrected chi connectivity index (χ0v) is 12.7. The molecule has 3 atom stereocenters. The van der Waals surface area contributed by atoms with Crippen molar-refractivity contribution in [3.63, 3.8) is 0 Å². The molecular weight excluding hydrogens is 234 g/mol. The number of hydrogen-bond donors (Lipinski definition) is 1. The highest BCUT2D eigenvalue weighted by Gasteiger charge is 2.31. The van der Waals surface area contributed by atoms with Gasteiger partial charge in [0.15, 0.2) is 0 Å². The van der Waals surface area contributed by atoms with Gasteiger partial charge < -0.3 is 9.73 Å². The monoisotopic (exact) mass is 263 g/mol. The van der Waals surface area contributed by atoms with Crippen molar-refractivity contribution in [2.24, 2.45) is 17.8 Å². The van der Waals surface area contributed by atoms with E-state index in [4.69, 9.17) is 4.42 Å². The van der Waals surface area contributed by atoms with Crippen molar-refractivity contribution in [2.75, 3.05) is 6.54 Å². The maximum absolute atomic E-state index is 5.23. The standard InChI is InChI=1S/C17H29NO/c1-4-8-18-17-6-5-15(13(2)3)11-16(17)10-14-7-9-19-12-14/h7,9,12-13,15-18H,4-6,8,10-11H2,1-3H3. The van der Waals surface area contributed by atoms with Crippen molar-refractivity contribution in [1.29, 1.82) is 0 Å². The summed E-state index contributed by atoms with van der Waals surface area (Å²) in [4.78, 5) is 0. The summed E-state index contributed by atoms with van der Waals surface area (Å²) >= 11 is 0. The van der Waals surface area contributed by atoms with Gasteiger partial charge >= 0.3 is 0 Å². The Morgan fingerprint density at radius 3 is 2.84 bits per heavy atom. The van der Waals surface area contributed by atoms with Gasteiger partial charge in [-0.15, -0.1) is 0 Å². The molecule has 1 aromatic rings. The summed E-state index contributed by atoms with van der Waals surface area (Å²) in [6.45, 7) is 8.15. The van der Waals surface area contributed by atoms with E-state index in [1.54, 1.807) is 6.26 Å². The third-order valence-electron chi connectivity index (χ3n) is 4.70. The number of furan rings is 1. The maximum atomic E-state index is 5.23. The second-order valence-electron chi connectivity index (χ2n) is 6.47. The molecule has 2 nitrogen and oxygen atoms in total. The minimum absolute atomic E-state index is 0.699. The SMILES string of the molecule is CCCNC1CCC(C(C)C)CC1Cc1ccoc1. The third-order valence-corrected chi connectivity index (χ3v) is 4.70. The van der Waals surface area contributed by atoms with Crippen LogP contribution < -0.4 is 5.32 Å². The molecule has 3 unspecified atom stereocenters. The van der Waals surface area contributed by atoms with E-state index in [0.717, 1.165) is 24.3 Å². The average Bonchev–Trinajstić information content (AvgIpc) is 2.90. The van der Waals surface area contributed by atoms with E-state index in [1.807, 2.05) is 6.26 Å². The van der Waals surface area contributed by atoms with E-state index >= 15 is 0 Å². The largest absolute Gasteiger partial charge is 0.472 e. The van der Waals surface area contributed by atoms with Crippen LogP contribution in [-0.4, -0.2) is 12.6 Å².